The number of benzene rings is 1. The molecule has 2 atom stereocenters. The van der Waals surface area contributed by atoms with Gasteiger partial charge in [-0.05, 0) is 42.9 Å². The number of nitrogens with two attached hydrogens (primary N) is 1. The summed E-state index contributed by atoms with van der Waals surface area (Å²) in [5.41, 5.74) is 7.43. The lowest BCUT2D eigenvalue weighted by Crippen LogP contribution is -2.34. The lowest BCUT2D eigenvalue weighted by atomic mass is 9.80. The van der Waals surface area contributed by atoms with Crippen LogP contribution in [-0.4, -0.2) is 19.0 Å². The highest BCUT2D eigenvalue weighted by atomic mass is 16.1. The van der Waals surface area contributed by atoms with Crippen LogP contribution in [0.4, 0.5) is 0 Å². The first-order chi connectivity index (χ1) is 9.72. The molecule has 3 heteroatoms. The first kappa shape index (κ1) is 15.0. The van der Waals surface area contributed by atoms with Crippen LogP contribution in [0, 0.1) is 11.8 Å². The summed E-state index contributed by atoms with van der Waals surface area (Å²) >= 11 is 0. The topological polar surface area (TPSA) is 55.1 Å². The van der Waals surface area contributed by atoms with E-state index in [9.17, 15) is 4.79 Å². The van der Waals surface area contributed by atoms with E-state index >= 15 is 0 Å². The Morgan fingerprint density at radius 3 is 2.80 bits per heavy atom. The minimum absolute atomic E-state index is 0.0480. The highest BCUT2D eigenvalue weighted by Crippen LogP contribution is 2.28. The molecule has 1 amide bonds. The Bertz CT molecular complexity index is 444. The fourth-order valence-electron chi connectivity index (χ4n) is 3.13. The average molecular weight is 274 g/mol. The molecule has 20 heavy (non-hydrogen) atoms. The van der Waals surface area contributed by atoms with Gasteiger partial charge in [-0.15, -0.1) is 0 Å². The molecule has 0 bridgehead atoms. The maximum absolute atomic E-state index is 12.3. The predicted molar refractivity (Wildman–Crippen MR) is 82.7 cm³/mol. The van der Waals surface area contributed by atoms with Crippen LogP contribution in [0.2, 0.25) is 0 Å². The summed E-state index contributed by atoms with van der Waals surface area (Å²) in [6, 6.07) is 7.76. The maximum Gasteiger partial charge on any atom is 0.251 e. The average Bonchev–Trinajstić information content (AvgIpc) is 2.47. The van der Waals surface area contributed by atoms with Crippen LogP contribution in [0.15, 0.2) is 24.3 Å². The second kappa shape index (κ2) is 7.44. The van der Waals surface area contributed by atoms with Crippen molar-refractivity contribution in [1.82, 2.24) is 5.32 Å². The van der Waals surface area contributed by atoms with E-state index in [4.69, 9.17) is 5.73 Å². The Hall–Kier alpha value is -1.35. The summed E-state index contributed by atoms with van der Waals surface area (Å²) in [4.78, 5) is 12.3. The third-order valence-corrected chi connectivity index (χ3v) is 4.49. The summed E-state index contributed by atoms with van der Waals surface area (Å²) in [6.45, 7) is 3.68. The van der Waals surface area contributed by atoms with Crippen molar-refractivity contribution >= 4 is 5.91 Å². The van der Waals surface area contributed by atoms with Gasteiger partial charge in [0.1, 0.15) is 0 Å². The molecule has 1 saturated carbocycles. The van der Waals surface area contributed by atoms with Crippen LogP contribution in [0.5, 0.6) is 0 Å². The molecular weight excluding hydrogens is 248 g/mol. The van der Waals surface area contributed by atoms with Crippen LogP contribution in [0.1, 0.15) is 48.5 Å². The van der Waals surface area contributed by atoms with Gasteiger partial charge in [0.05, 0.1) is 0 Å². The summed E-state index contributed by atoms with van der Waals surface area (Å²) in [5.74, 6) is 1.41. The molecule has 1 aliphatic rings. The van der Waals surface area contributed by atoms with Gasteiger partial charge in [-0.1, -0.05) is 44.4 Å². The van der Waals surface area contributed by atoms with Crippen molar-refractivity contribution in [2.75, 3.05) is 13.1 Å². The lowest BCUT2D eigenvalue weighted by Gasteiger charge is -2.28. The molecule has 0 aromatic heterocycles. The normalized spacial score (nSPS) is 22.5. The fraction of sp³-hybridized carbons (Fsp3) is 0.588. The van der Waals surface area contributed by atoms with Crippen molar-refractivity contribution in [3.05, 3.63) is 35.4 Å². The number of hydrogen-bond acceptors (Lipinski definition) is 2. The Morgan fingerprint density at radius 2 is 2.05 bits per heavy atom. The standard InChI is InChI=1S/C17H26N2O/c1-13-6-2-3-8-15(13)12-19-17(20)16-9-5-4-7-14(16)10-11-18/h4-5,7,9,13,15H,2-3,6,8,10-12,18H2,1H3,(H,19,20). The minimum Gasteiger partial charge on any atom is -0.352 e. The first-order valence-electron chi connectivity index (χ1n) is 7.78. The zero-order valence-corrected chi connectivity index (χ0v) is 12.4. The Morgan fingerprint density at radius 1 is 1.30 bits per heavy atom. The van der Waals surface area contributed by atoms with E-state index in [1.165, 1.54) is 25.7 Å². The zero-order chi connectivity index (χ0) is 14.4. The van der Waals surface area contributed by atoms with Crippen molar-refractivity contribution in [3.8, 4) is 0 Å². The summed E-state index contributed by atoms with van der Waals surface area (Å²) in [7, 11) is 0. The highest BCUT2D eigenvalue weighted by Gasteiger charge is 2.22. The lowest BCUT2D eigenvalue weighted by molar-refractivity contribution is 0.0935. The number of hydrogen-bond donors (Lipinski definition) is 2. The molecular formula is C17H26N2O. The van der Waals surface area contributed by atoms with Gasteiger partial charge in [0.25, 0.3) is 5.91 Å². The molecule has 1 aromatic carbocycles. The predicted octanol–water partition coefficient (Wildman–Crippen LogP) is 2.74. The molecule has 1 aliphatic carbocycles. The minimum atomic E-state index is 0.0480. The molecule has 3 N–H and O–H groups in total. The number of amides is 1. The monoisotopic (exact) mass is 274 g/mol. The van der Waals surface area contributed by atoms with Crippen LogP contribution in [0.3, 0.4) is 0 Å². The number of rotatable bonds is 5. The van der Waals surface area contributed by atoms with E-state index in [2.05, 4.69) is 12.2 Å². The largest absolute Gasteiger partial charge is 0.352 e. The van der Waals surface area contributed by atoms with E-state index in [-0.39, 0.29) is 5.91 Å². The van der Waals surface area contributed by atoms with E-state index in [1.807, 2.05) is 24.3 Å². The number of carbonyl (C=O) groups excluding carboxylic acids is 1. The SMILES string of the molecule is CC1CCCCC1CNC(=O)c1ccccc1CCN. The van der Waals surface area contributed by atoms with Crippen LogP contribution < -0.4 is 11.1 Å². The van der Waals surface area contributed by atoms with Gasteiger partial charge in [0, 0.05) is 12.1 Å². The number of carbonyl (C=O) groups is 1. The fourth-order valence-corrected chi connectivity index (χ4v) is 3.13. The van der Waals surface area contributed by atoms with Crippen molar-refractivity contribution in [2.24, 2.45) is 17.6 Å². The van der Waals surface area contributed by atoms with Gasteiger partial charge in [-0.3, -0.25) is 4.79 Å². The van der Waals surface area contributed by atoms with Crippen molar-refractivity contribution in [3.63, 3.8) is 0 Å². The number of nitrogens with one attached hydrogen (secondary N) is 1. The van der Waals surface area contributed by atoms with Crippen molar-refractivity contribution in [2.45, 2.75) is 39.0 Å². The Kier molecular flexibility index (Phi) is 5.60. The Balaban J connectivity index is 1.94. The first-order valence-corrected chi connectivity index (χ1v) is 7.78. The van der Waals surface area contributed by atoms with Gasteiger partial charge < -0.3 is 11.1 Å². The van der Waals surface area contributed by atoms with Gasteiger partial charge in [-0.25, -0.2) is 0 Å². The molecule has 0 aliphatic heterocycles. The third kappa shape index (κ3) is 3.83. The summed E-state index contributed by atoms with van der Waals surface area (Å²) in [5, 5.41) is 3.12. The van der Waals surface area contributed by atoms with E-state index in [0.717, 1.165) is 30.0 Å². The summed E-state index contributed by atoms with van der Waals surface area (Å²) in [6.07, 6.45) is 5.93. The smallest absolute Gasteiger partial charge is 0.251 e. The Labute approximate surface area is 121 Å². The van der Waals surface area contributed by atoms with Gasteiger partial charge in [0.2, 0.25) is 0 Å². The van der Waals surface area contributed by atoms with Crippen LogP contribution in [0.25, 0.3) is 0 Å². The van der Waals surface area contributed by atoms with Gasteiger partial charge in [0.15, 0.2) is 0 Å². The quantitative estimate of drug-likeness (QED) is 0.867. The molecule has 0 spiro atoms. The van der Waals surface area contributed by atoms with Crippen molar-refractivity contribution in [1.29, 1.82) is 0 Å². The van der Waals surface area contributed by atoms with Crippen molar-refractivity contribution < 1.29 is 4.79 Å². The molecule has 0 radical (unpaired) electrons. The molecule has 1 aromatic rings. The molecule has 2 rings (SSSR count). The third-order valence-electron chi connectivity index (χ3n) is 4.49. The van der Waals surface area contributed by atoms with Gasteiger partial charge >= 0.3 is 0 Å². The molecule has 1 fully saturated rings. The van der Waals surface area contributed by atoms with E-state index < -0.39 is 0 Å². The molecule has 2 unspecified atom stereocenters. The van der Waals surface area contributed by atoms with Crippen LogP contribution >= 0.6 is 0 Å². The molecule has 3 nitrogen and oxygen atoms in total. The molecule has 110 valence electrons. The molecule has 0 saturated heterocycles. The van der Waals surface area contributed by atoms with Crippen LogP contribution in [-0.2, 0) is 6.42 Å². The van der Waals surface area contributed by atoms with E-state index in [1.54, 1.807) is 0 Å². The molecule has 0 heterocycles. The summed E-state index contributed by atoms with van der Waals surface area (Å²) < 4.78 is 0. The highest BCUT2D eigenvalue weighted by molar-refractivity contribution is 5.95. The second-order valence-electron chi connectivity index (χ2n) is 5.93. The van der Waals surface area contributed by atoms with E-state index in [0.29, 0.717) is 12.5 Å². The second-order valence-corrected chi connectivity index (χ2v) is 5.93. The van der Waals surface area contributed by atoms with Gasteiger partial charge in [-0.2, -0.15) is 0 Å². The zero-order valence-electron chi connectivity index (χ0n) is 12.4. The maximum atomic E-state index is 12.3.